The Morgan fingerprint density at radius 1 is 1.16 bits per heavy atom. The minimum Gasteiger partial charge on any atom is -0.481 e. The van der Waals surface area contributed by atoms with Crippen molar-refractivity contribution in [2.75, 3.05) is 5.75 Å². The van der Waals surface area contributed by atoms with Crippen molar-refractivity contribution in [2.45, 2.75) is 26.3 Å². The predicted molar refractivity (Wildman–Crippen MR) is 108 cm³/mol. The second-order valence-electron chi connectivity index (χ2n) is 5.54. The molecule has 0 fully saturated rings. The molecular weight excluding hydrogens is 402 g/mol. The summed E-state index contributed by atoms with van der Waals surface area (Å²) in [6.07, 6.45) is 2.07. The number of carbonyl (C=O) groups is 1. The van der Waals surface area contributed by atoms with Crippen molar-refractivity contribution in [2.24, 2.45) is 0 Å². The third kappa shape index (κ3) is 5.06. The molecule has 2 aromatic carbocycles. The van der Waals surface area contributed by atoms with E-state index in [1.165, 1.54) is 15.8 Å². The lowest BCUT2D eigenvalue weighted by molar-refractivity contribution is -0.133. The van der Waals surface area contributed by atoms with Crippen LogP contribution in [0.5, 0.6) is 0 Å². The molecule has 0 amide bonds. The molecule has 0 unspecified atom stereocenters. The first kappa shape index (κ1) is 19.5. The number of nitrogens with one attached hydrogen (secondary N) is 2. The van der Waals surface area contributed by atoms with Gasteiger partial charge in [0.1, 0.15) is 0 Å². The second-order valence-corrected chi connectivity index (χ2v) is 7.26. The first-order chi connectivity index (χ1) is 11.9. The van der Waals surface area contributed by atoms with E-state index < -0.39 is 5.97 Å². The number of nitrogens with zero attached hydrogens (tertiary/aromatic N) is 1. The van der Waals surface area contributed by atoms with Crippen molar-refractivity contribution in [1.29, 1.82) is 10.8 Å². The Labute approximate surface area is 159 Å². The van der Waals surface area contributed by atoms with E-state index in [4.69, 9.17) is 15.9 Å². The molecule has 2 aromatic rings. The minimum absolute atomic E-state index is 0.0333. The lowest BCUT2D eigenvalue weighted by atomic mass is 9.97. The molecule has 0 aromatic heterocycles. The quantitative estimate of drug-likeness (QED) is 0.359. The van der Waals surface area contributed by atoms with E-state index in [1.807, 2.05) is 24.3 Å². The van der Waals surface area contributed by atoms with Gasteiger partial charge in [-0.25, -0.2) is 0 Å². The minimum atomic E-state index is -0.981. The number of benzene rings is 2. The van der Waals surface area contributed by atoms with E-state index in [0.29, 0.717) is 6.54 Å². The molecule has 3 N–H and O–H groups in total. The molecule has 0 aliphatic carbocycles. The summed E-state index contributed by atoms with van der Waals surface area (Å²) >= 11 is 4.01. The third-order valence-electron chi connectivity index (χ3n) is 3.77. The lowest BCUT2D eigenvalue weighted by Crippen LogP contribution is -2.31. The van der Waals surface area contributed by atoms with Gasteiger partial charge in [-0.1, -0.05) is 61.5 Å². The number of aryl methyl sites for hydroxylation is 1. The zero-order valence-corrected chi connectivity index (χ0v) is 16.3. The van der Waals surface area contributed by atoms with Crippen LogP contribution in [0.1, 0.15) is 24.5 Å². The number of rotatable bonds is 6. The molecule has 5 nitrogen and oxygen atoms in total. The van der Waals surface area contributed by atoms with Crippen LogP contribution in [-0.2, 0) is 17.8 Å². The number of hydrogen-bond acceptors (Lipinski definition) is 4. The zero-order chi connectivity index (χ0) is 18.4. The van der Waals surface area contributed by atoms with E-state index in [-0.39, 0.29) is 15.7 Å². The average Bonchev–Trinajstić information content (AvgIpc) is 2.58. The van der Waals surface area contributed by atoms with Gasteiger partial charge in [-0.15, -0.1) is 0 Å². The Kier molecular flexibility index (Phi) is 7.01. The summed E-state index contributed by atoms with van der Waals surface area (Å²) in [5.74, 6) is -1.18. The van der Waals surface area contributed by atoms with Gasteiger partial charge in [0, 0.05) is 0 Å². The van der Waals surface area contributed by atoms with Crippen LogP contribution in [0.3, 0.4) is 0 Å². The number of aliphatic carboxylic acids is 1. The summed E-state index contributed by atoms with van der Waals surface area (Å²) in [5.41, 5.74) is 2.29. The van der Waals surface area contributed by atoms with Crippen LogP contribution >= 0.6 is 27.7 Å². The summed E-state index contributed by atoms with van der Waals surface area (Å²) in [6.45, 7) is 2.49. The van der Waals surface area contributed by atoms with E-state index >= 15 is 0 Å². The van der Waals surface area contributed by atoms with Crippen LogP contribution in [0.25, 0.3) is 10.8 Å². The predicted octanol–water partition coefficient (Wildman–Crippen LogP) is 4.68. The molecule has 2 rings (SSSR count). The molecule has 0 bridgehead atoms. The maximum atomic E-state index is 10.7. The molecule has 0 saturated heterocycles. The third-order valence-corrected chi connectivity index (χ3v) is 5.08. The van der Waals surface area contributed by atoms with E-state index in [0.717, 1.165) is 35.6 Å². The van der Waals surface area contributed by atoms with Crippen molar-refractivity contribution in [3.8, 4) is 0 Å². The van der Waals surface area contributed by atoms with Crippen LogP contribution in [0.15, 0.2) is 36.4 Å². The molecule has 0 atom stereocenters. The summed E-state index contributed by atoms with van der Waals surface area (Å²) < 4.78 is 0.0390. The van der Waals surface area contributed by atoms with Gasteiger partial charge in [-0.3, -0.25) is 20.5 Å². The number of amidine groups is 2. The fourth-order valence-electron chi connectivity index (χ4n) is 2.66. The fourth-order valence-corrected chi connectivity index (χ4v) is 3.65. The van der Waals surface area contributed by atoms with E-state index in [1.54, 1.807) is 0 Å². The van der Waals surface area contributed by atoms with Gasteiger partial charge >= 0.3 is 5.97 Å². The van der Waals surface area contributed by atoms with Gasteiger partial charge in [0.15, 0.2) is 9.91 Å². The topological polar surface area (TPSA) is 88.2 Å². The first-order valence-electron chi connectivity index (χ1n) is 7.88. The normalized spacial score (nSPS) is 10.6. The number of halogens is 1. The van der Waals surface area contributed by atoms with Gasteiger partial charge in [-0.05, 0) is 44.3 Å². The van der Waals surface area contributed by atoms with Gasteiger partial charge in [0.05, 0.1) is 12.3 Å². The van der Waals surface area contributed by atoms with Gasteiger partial charge in [-0.2, -0.15) is 0 Å². The molecule has 0 spiro atoms. The number of fused-ring (bicyclic) bond motifs is 1. The summed E-state index contributed by atoms with van der Waals surface area (Å²) in [6, 6.07) is 12.3. The highest BCUT2D eigenvalue weighted by atomic mass is 79.9. The molecule has 25 heavy (non-hydrogen) atoms. The standard InChI is InChI=1S/C18H20BrN3O2S/c1-2-5-12-8-9-13(15-7-4-3-6-14(12)15)10-22(17(19)20)18(21)25-11-16(23)24/h3-4,6-9,20-21H,2,5,10-11H2,1H3,(H,23,24). The Hall–Kier alpha value is -1.86. The monoisotopic (exact) mass is 421 g/mol. The molecular formula is C18H20BrN3O2S. The Bertz CT molecular complexity index is 810. The van der Waals surface area contributed by atoms with Gasteiger partial charge < -0.3 is 5.11 Å². The summed E-state index contributed by atoms with van der Waals surface area (Å²) in [4.78, 5) is 12.2. The highest BCUT2D eigenvalue weighted by Gasteiger charge is 2.17. The highest BCUT2D eigenvalue weighted by molar-refractivity contribution is 9.18. The molecule has 0 aliphatic rings. The maximum Gasteiger partial charge on any atom is 0.313 e. The van der Waals surface area contributed by atoms with Crippen molar-refractivity contribution in [3.63, 3.8) is 0 Å². The zero-order valence-electron chi connectivity index (χ0n) is 13.9. The molecule has 132 valence electrons. The first-order valence-corrected chi connectivity index (χ1v) is 9.66. The Balaban J connectivity index is 2.33. The summed E-state index contributed by atoms with van der Waals surface area (Å²) in [5, 5.41) is 27.1. The number of carboxylic acids is 1. The molecule has 0 saturated carbocycles. The van der Waals surface area contributed by atoms with Crippen molar-refractivity contribution < 1.29 is 9.90 Å². The van der Waals surface area contributed by atoms with Crippen molar-refractivity contribution in [3.05, 3.63) is 47.5 Å². The SMILES string of the molecule is CCCc1ccc(CN(C(=N)Br)C(=N)SCC(=O)O)c2ccccc12. The number of thioether (sulfide) groups is 1. The maximum absolute atomic E-state index is 10.7. The number of hydrogen-bond donors (Lipinski definition) is 3. The fraction of sp³-hybridized carbons (Fsp3) is 0.278. The molecule has 7 heteroatoms. The Morgan fingerprint density at radius 2 is 1.76 bits per heavy atom. The summed E-state index contributed by atoms with van der Waals surface area (Å²) in [7, 11) is 0. The second kappa shape index (κ2) is 9.01. The van der Waals surface area contributed by atoms with Crippen molar-refractivity contribution >= 4 is 54.3 Å². The Morgan fingerprint density at radius 3 is 2.32 bits per heavy atom. The number of carboxylic acid groups (broad SMARTS) is 1. The largest absolute Gasteiger partial charge is 0.481 e. The van der Waals surface area contributed by atoms with Gasteiger partial charge in [0.25, 0.3) is 0 Å². The van der Waals surface area contributed by atoms with E-state index in [2.05, 4.69) is 35.0 Å². The van der Waals surface area contributed by atoms with Crippen LogP contribution < -0.4 is 0 Å². The molecule has 0 aliphatic heterocycles. The van der Waals surface area contributed by atoms with Crippen LogP contribution in [0.4, 0.5) is 0 Å². The average molecular weight is 422 g/mol. The lowest BCUT2D eigenvalue weighted by Gasteiger charge is -2.23. The molecule has 0 radical (unpaired) electrons. The van der Waals surface area contributed by atoms with Crippen LogP contribution in [0.2, 0.25) is 0 Å². The van der Waals surface area contributed by atoms with Crippen molar-refractivity contribution in [1.82, 2.24) is 4.90 Å². The van der Waals surface area contributed by atoms with Crippen LogP contribution in [0, 0.1) is 10.8 Å². The van der Waals surface area contributed by atoms with Gasteiger partial charge in [0.2, 0.25) is 0 Å². The molecule has 0 heterocycles. The van der Waals surface area contributed by atoms with E-state index in [9.17, 15) is 4.79 Å². The van der Waals surface area contributed by atoms with Crippen LogP contribution in [-0.4, -0.2) is 31.6 Å². The highest BCUT2D eigenvalue weighted by Crippen LogP contribution is 2.26. The smallest absolute Gasteiger partial charge is 0.313 e.